The summed E-state index contributed by atoms with van der Waals surface area (Å²) in [5.74, 6) is 0. The largest absolute Gasteiger partial charge is 0.314 e. The molecular formula is C14H22N2O2S. The molecule has 1 fully saturated rings. The third kappa shape index (κ3) is 5.30. The van der Waals surface area contributed by atoms with Crippen molar-refractivity contribution in [1.82, 2.24) is 10.6 Å². The normalized spacial score (nSPS) is 15.6. The van der Waals surface area contributed by atoms with Gasteiger partial charge in [-0.2, -0.15) is 0 Å². The number of hydrogen-bond donors (Lipinski definition) is 2. The Hall–Kier alpha value is -0.910. The highest BCUT2D eigenvalue weighted by Crippen LogP contribution is 2.18. The van der Waals surface area contributed by atoms with E-state index in [1.807, 2.05) is 12.1 Å². The van der Waals surface area contributed by atoms with E-state index in [9.17, 15) is 8.42 Å². The van der Waals surface area contributed by atoms with Gasteiger partial charge in [0, 0.05) is 18.8 Å². The zero-order chi connectivity index (χ0) is 13.7. The number of benzene rings is 1. The molecule has 1 aromatic carbocycles. The van der Waals surface area contributed by atoms with Crippen molar-refractivity contribution in [3.05, 3.63) is 29.8 Å². The SMILES string of the molecule is CS(=O)(=O)c1ccc(CNCCCNC2CC2)cc1. The molecule has 0 aromatic heterocycles. The van der Waals surface area contributed by atoms with Crippen LogP contribution in [0.2, 0.25) is 0 Å². The van der Waals surface area contributed by atoms with Gasteiger partial charge in [-0.1, -0.05) is 12.1 Å². The van der Waals surface area contributed by atoms with E-state index in [0.29, 0.717) is 4.90 Å². The minimum absolute atomic E-state index is 0.380. The topological polar surface area (TPSA) is 58.2 Å². The van der Waals surface area contributed by atoms with Crippen molar-refractivity contribution in [3.63, 3.8) is 0 Å². The van der Waals surface area contributed by atoms with Crippen molar-refractivity contribution < 1.29 is 8.42 Å². The van der Waals surface area contributed by atoms with Crippen LogP contribution < -0.4 is 10.6 Å². The summed E-state index contributed by atoms with van der Waals surface area (Å²) in [6, 6.07) is 7.85. The standard InChI is InChI=1S/C14H22N2O2S/c1-19(17,18)14-7-3-12(4-8-14)11-15-9-2-10-16-13-5-6-13/h3-4,7-8,13,15-16H,2,5-6,9-11H2,1H3. The van der Waals surface area contributed by atoms with E-state index in [1.54, 1.807) is 12.1 Å². The van der Waals surface area contributed by atoms with E-state index in [2.05, 4.69) is 10.6 Å². The van der Waals surface area contributed by atoms with Crippen molar-refractivity contribution >= 4 is 9.84 Å². The third-order valence-corrected chi connectivity index (χ3v) is 4.35. The molecule has 0 aliphatic heterocycles. The van der Waals surface area contributed by atoms with Crippen molar-refractivity contribution in [2.24, 2.45) is 0 Å². The first kappa shape index (κ1) is 14.5. The van der Waals surface area contributed by atoms with Gasteiger partial charge in [0.25, 0.3) is 0 Å². The average molecular weight is 282 g/mol. The Labute approximate surface area is 115 Å². The molecule has 19 heavy (non-hydrogen) atoms. The van der Waals surface area contributed by atoms with Crippen molar-refractivity contribution in [3.8, 4) is 0 Å². The Balaban J connectivity index is 1.65. The lowest BCUT2D eigenvalue weighted by atomic mass is 10.2. The van der Waals surface area contributed by atoms with E-state index in [4.69, 9.17) is 0 Å². The molecule has 2 N–H and O–H groups in total. The van der Waals surface area contributed by atoms with Crippen LogP contribution in [-0.4, -0.2) is 33.8 Å². The Morgan fingerprint density at radius 1 is 1.16 bits per heavy atom. The number of hydrogen-bond acceptors (Lipinski definition) is 4. The molecule has 0 atom stereocenters. The van der Waals surface area contributed by atoms with Crippen LogP contribution in [0.25, 0.3) is 0 Å². The molecule has 2 rings (SSSR count). The number of nitrogens with one attached hydrogen (secondary N) is 2. The van der Waals surface area contributed by atoms with Crippen molar-refractivity contribution in [2.75, 3.05) is 19.3 Å². The van der Waals surface area contributed by atoms with Crippen molar-refractivity contribution in [2.45, 2.75) is 36.7 Å². The van der Waals surface area contributed by atoms with Crippen LogP contribution in [0.5, 0.6) is 0 Å². The first-order valence-electron chi connectivity index (χ1n) is 6.79. The van der Waals surface area contributed by atoms with Gasteiger partial charge < -0.3 is 10.6 Å². The van der Waals surface area contributed by atoms with Gasteiger partial charge in [0.15, 0.2) is 9.84 Å². The van der Waals surface area contributed by atoms with Gasteiger partial charge in [0.1, 0.15) is 0 Å². The summed E-state index contributed by atoms with van der Waals surface area (Å²) in [6.45, 7) is 2.84. The van der Waals surface area contributed by atoms with E-state index in [-0.39, 0.29) is 0 Å². The van der Waals surface area contributed by atoms with Gasteiger partial charge in [-0.15, -0.1) is 0 Å². The minimum atomic E-state index is -3.08. The lowest BCUT2D eigenvalue weighted by Crippen LogP contribution is -2.23. The van der Waals surface area contributed by atoms with Crippen LogP contribution >= 0.6 is 0 Å². The fourth-order valence-electron chi connectivity index (χ4n) is 1.89. The molecule has 0 unspecified atom stereocenters. The van der Waals surface area contributed by atoms with Crippen LogP contribution in [0.4, 0.5) is 0 Å². The summed E-state index contributed by atoms with van der Waals surface area (Å²) in [4.78, 5) is 0.380. The Morgan fingerprint density at radius 2 is 1.84 bits per heavy atom. The van der Waals surface area contributed by atoms with Gasteiger partial charge >= 0.3 is 0 Å². The van der Waals surface area contributed by atoms with Crippen LogP contribution in [0, 0.1) is 0 Å². The fraction of sp³-hybridized carbons (Fsp3) is 0.571. The zero-order valence-electron chi connectivity index (χ0n) is 11.4. The second kappa shape index (κ2) is 6.50. The van der Waals surface area contributed by atoms with E-state index in [1.165, 1.54) is 19.1 Å². The van der Waals surface area contributed by atoms with E-state index >= 15 is 0 Å². The maximum absolute atomic E-state index is 11.3. The second-order valence-corrected chi connectivity index (χ2v) is 7.19. The Bertz CT molecular complexity index is 493. The lowest BCUT2D eigenvalue weighted by Gasteiger charge is -2.06. The first-order chi connectivity index (χ1) is 9.05. The van der Waals surface area contributed by atoms with Gasteiger partial charge in [-0.25, -0.2) is 8.42 Å². The van der Waals surface area contributed by atoms with E-state index in [0.717, 1.165) is 37.7 Å². The van der Waals surface area contributed by atoms with Gasteiger partial charge in [0.05, 0.1) is 4.90 Å². The zero-order valence-corrected chi connectivity index (χ0v) is 12.2. The van der Waals surface area contributed by atoms with E-state index < -0.39 is 9.84 Å². The van der Waals surface area contributed by atoms with Crippen molar-refractivity contribution in [1.29, 1.82) is 0 Å². The Kier molecular flexibility index (Phi) is 4.96. The Morgan fingerprint density at radius 3 is 2.42 bits per heavy atom. The van der Waals surface area contributed by atoms with Gasteiger partial charge in [0.2, 0.25) is 0 Å². The molecule has 5 heteroatoms. The predicted molar refractivity (Wildman–Crippen MR) is 76.9 cm³/mol. The quantitative estimate of drug-likeness (QED) is 0.706. The van der Waals surface area contributed by atoms with Crippen LogP contribution in [0.3, 0.4) is 0 Å². The molecule has 0 saturated heterocycles. The summed E-state index contributed by atoms with van der Waals surface area (Å²) < 4.78 is 22.6. The maximum atomic E-state index is 11.3. The lowest BCUT2D eigenvalue weighted by molar-refractivity contribution is 0.592. The highest BCUT2D eigenvalue weighted by Gasteiger charge is 2.19. The fourth-order valence-corrected chi connectivity index (χ4v) is 2.52. The van der Waals surface area contributed by atoms with Crippen LogP contribution in [-0.2, 0) is 16.4 Å². The molecule has 1 aromatic rings. The van der Waals surface area contributed by atoms with Gasteiger partial charge in [-0.3, -0.25) is 0 Å². The molecule has 1 aliphatic rings. The average Bonchev–Trinajstić information content (AvgIpc) is 3.17. The summed E-state index contributed by atoms with van der Waals surface area (Å²) in [5, 5.41) is 6.84. The summed E-state index contributed by atoms with van der Waals surface area (Å²) in [5.41, 5.74) is 1.11. The third-order valence-electron chi connectivity index (χ3n) is 3.22. The molecule has 4 nitrogen and oxygen atoms in total. The monoisotopic (exact) mass is 282 g/mol. The molecule has 0 radical (unpaired) electrons. The minimum Gasteiger partial charge on any atom is -0.314 e. The highest BCUT2D eigenvalue weighted by molar-refractivity contribution is 7.90. The summed E-state index contributed by atoms with van der Waals surface area (Å²) in [6.07, 6.45) is 5.02. The molecule has 0 spiro atoms. The van der Waals surface area contributed by atoms with Crippen LogP contribution in [0.1, 0.15) is 24.8 Å². The number of sulfone groups is 1. The number of rotatable bonds is 8. The summed E-state index contributed by atoms with van der Waals surface area (Å²) >= 11 is 0. The molecule has 0 bridgehead atoms. The smallest absolute Gasteiger partial charge is 0.175 e. The molecule has 0 heterocycles. The molecule has 1 saturated carbocycles. The summed E-state index contributed by atoms with van der Waals surface area (Å²) in [7, 11) is -3.08. The molecule has 0 amide bonds. The molecule has 1 aliphatic carbocycles. The molecule has 106 valence electrons. The first-order valence-corrected chi connectivity index (χ1v) is 8.68. The van der Waals surface area contributed by atoms with Gasteiger partial charge in [-0.05, 0) is 50.0 Å². The maximum Gasteiger partial charge on any atom is 0.175 e. The van der Waals surface area contributed by atoms with Crippen LogP contribution in [0.15, 0.2) is 29.2 Å². The highest BCUT2D eigenvalue weighted by atomic mass is 32.2. The second-order valence-electron chi connectivity index (χ2n) is 5.17. The predicted octanol–water partition coefficient (Wildman–Crippen LogP) is 1.32. The molecular weight excluding hydrogens is 260 g/mol.